The molecule has 3 aliphatic rings. The van der Waals surface area contributed by atoms with Crippen molar-refractivity contribution in [3.05, 3.63) is 42.0 Å². The number of benzene rings is 1. The van der Waals surface area contributed by atoms with Gasteiger partial charge in [0.2, 0.25) is 0 Å². The van der Waals surface area contributed by atoms with E-state index in [-0.39, 0.29) is 17.8 Å². The molecule has 142 valence electrons. The van der Waals surface area contributed by atoms with E-state index < -0.39 is 0 Å². The first-order valence-corrected chi connectivity index (χ1v) is 9.71. The maximum absolute atomic E-state index is 12.4. The Bertz CT molecular complexity index is 751. The summed E-state index contributed by atoms with van der Waals surface area (Å²) < 4.78 is 5.60. The first kappa shape index (κ1) is 17.9. The van der Waals surface area contributed by atoms with Crippen LogP contribution in [0, 0.1) is 5.92 Å². The first-order valence-electron chi connectivity index (χ1n) is 9.71. The molecule has 1 aromatic carbocycles. The van der Waals surface area contributed by atoms with Gasteiger partial charge in [-0.15, -0.1) is 0 Å². The smallest absolute Gasteiger partial charge is 0.338 e. The zero-order valence-corrected chi connectivity index (χ0v) is 15.3. The highest BCUT2D eigenvalue weighted by Crippen LogP contribution is 2.31. The number of fused-ring (bicyclic) bond motifs is 1. The van der Waals surface area contributed by atoms with Crippen LogP contribution in [0.2, 0.25) is 0 Å². The van der Waals surface area contributed by atoms with Crippen molar-refractivity contribution in [3.8, 4) is 0 Å². The number of amides is 2. The van der Waals surface area contributed by atoms with E-state index in [9.17, 15) is 14.4 Å². The summed E-state index contributed by atoms with van der Waals surface area (Å²) in [5.41, 5.74) is 0.888. The predicted octanol–water partition coefficient (Wildman–Crippen LogP) is 2.54. The molecule has 2 saturated heterocycles. The Labute approximate surface area is 158 Å². The third kappa shape index (κ3) is 3.67. The molecule has 2 amide bonds. The minimum atomic E-state index is -0.371. The fourth-order valence-electron chi connectivity index (χ4n) is 4.44. The number of ether oxygens (including phenoxy) is 1. The zero-order chi connectivity index (χ0) is 18.8. The van der Waals surface area contributed by atoms with Gasteiger partial charge in [-0.1, -0.05) is 6.42 Å². The van der Waals surface area contributed by atoms with Crippen LogP contribution in [0.5, 0.6) is 0 Å². The van der Waals surface area contributed by atoms with Gasteiger partial charge in [-0.25, -0.2) is 9.69 Å². The number of piperidine rings is 2. The number of esters is 1. The van der Waals surface area contributed by atoms with Crippen molar-refractivity contribution in [2.75, 3.05) is 24.6 Å². The zero-order valence-electron chi connectivity index (χ0n) is 15.3. The van der Waals surface area contributed by atoms with Crippen molar-refractivity contribution < 1.29 is 19.1 Å². The predicted molar refractivity (Wildman–Crippen MR) is 100 cm³/mol. The molecule has 6 nitrogen and oxygen atoms in total. The molecule has 1 aromatic rings. The van der Waals surface area contributed by atoms with Crippen LogP contribution >= 0.6 is 0 Å². The highest BCUT2D eigenvalue weighted by atomic mass is 16.5. The van der Waals surface area contributed by atoms with Crippen molar-refractivity contribution >= 4 is 23.5 Å². The molecule has 0 aromatic heterocycles. The highest BCUT2D eigenvalue weighted by molar-refractivity contribution is 6.28. The topological polar surface area (TPSA) is 66.9 Å². The van der Waals surface area contributed by atoms with Crippen molar-refractivity contribution in [3.63, 3.8) is 0 Å². The van der Waals surface area contributed by atoms with Gasteiger partial charge >= 0.3 is 5.97 Å². The quantitative estimate of drug-likeness (QED) is 0.604. The van der Waals surface area contributed by atoms with E-state index in [4.69, 9.17) is 4.74 Å². The van der Waals surface area contributed by atoms with E-state index in [0.29, 0.717) is 29.8 Å². The molecule has 0 aliphatic carbocycles. The molecule has 2 fully saturated rings. The van der Waals surface area contributed by atoms with Gasteiger partial charge in [0.1, 0.15) is 0 Å². The number of nitrogens with zero attached hydrogens (tertiary/aromatic N) is 2. The molecule has 0 radical (unpaired) electrons. The molecular formula is C21H24N2O4. The van der Waals surface area contributed by atoms with Crippen molar-refractivity contribution in [1.82, 2.24) is 4.90 Å². The molecule has 0 spiro atoms. The maximum Gasteiger partial charge on any atom is 0.338 e. The van der Waals surface area contributed by atoms with Crippen LogP contribution in [0.25, 0.3) is 0 Å². The molecule has 3 aliphatic heterocycles. The van der Waals surface area contributed by atoms with Gasteiger partial charge in [-0.05, 0) is 63.0 Å². The highest BCUT2D eigenvalue weighted by Gasteiger charge is 2.33. The third-order valence-corrected chi connectivity index (χ3v) is 5.83. The maximum atomic E-state index is 12.4. The monoisotopic (exact) mass is 368 g/mol. The largest absolute Gasteiger partial charge is 0.462 e. The molecule has 0 saturated carbocycles. The lowest BCUT2D eigenvalue weighted by molar-refractivity contribution is -0.119. The van der Waals surface area contributed by atoms with Gasteiger partial charge in [0.05, 0.1) is 17.9 Å². The molecule has 3 heterocycles. The van der Waals surface area contributed by atoms with Crippen LogP contribution in [-0.2, 0) is 14.3 Å². The Morgan fingerprint density at radius 1 is 0.963 bits per heavy atom. The van der Waals surface area contributed by atoms with E-state index in [0.717, 1.165) is 11.3 Å². The lowest BCUT2D eigenvalue weighted by Gasteiger charge is -2.44. The van der Waals surface area contributed by atoms with E-state index in [2.05, 4.69) is 4.90 Å². The van der Waals surface area contributed by atoms with E-state index in [1.165, 1.54) is 50.9 Å². The number of imide groups is 1. The average molecular weight is 368 g/mol. The Morgan fingerprint density at radius 2 is 1.67 bits per heavy atom. The number of anilines is 1. The second-order valence-electron chi connectivity index (χ2n) is 7.49. The fraction of sp³-hybridized carbons (Fsp3) is 0.476. The standard InChI is InChI=1S/C21H24N2O4/c24-19-10-11-20(25)23(19)17-8-6-15(7-9-17)21(26)27-14-16-4-3-13-22-12-2-1-5-18(16)22/h6-11,16,18H,1-5,12-14H2/t16-,18+/m0/s1. The Morgan fingerprint density at radius 3 is 2.41 bits per heavy atom. The Balaban J connectivity index is 1.36. The molecule has 4 rings (SSSR count). The number of hydrogen-bond donors (Lipinski definition) is 0. The van der Waals surface area contributed by atoms with Gasteiger partial charge in [-0.3, -0.25) is 14.5 Å². The number of hydrogen-bond acceptors (Lipinski definition) is 5. The fourth-order valence-corrected chi connectivity index (χ4v) is 4.44. The van der Waals surface area contributed by atoms with Crippen LogP contribution in [0.1, 0.15) is 42.5 Å². The van der Waals surface area contributed by atoms with Gasteiger partial charge in [0.25, 0.3) is 11.8 Å². The molecule has 0 bridgehead atoms. The lowest BCUT2D eigenvalue weighted by Crippen LogP contribution is -2.49. The lowest BCUT2D eigenvalue weighted by atomic mass is 9.84. The first-order chi connectivity index (χ1) is 13.1. The van der Waals surface area contributed by atoms with Gasteiger partial charge in [-0.2, -0.15) is 0 Å². The summed E-state index contributed by atoms with van der Waals surface area (Å²) in [5.74, 6) is -0.686. The Hall–Kier alpha value is -2.47. The number of carbonyl (C=O) groups excluding carboxylic acids is 3. The van der Waals surface area contributed by atoms with Crippen LogP contribution in [0.15, 0.2) is 36.4 Å². The molecule has 6 heteroatoms. The SMILES string of the molecule is O=C(OC[C@@H]1CCCN2CCCC[C@H]12)c1ccc(N2C(=O)C=CC2=O)cc1. The molecular weight excluding hydrogens is 344 g/mol. The van der Waals surface area contributed by atoms with E-state index in [1.807, 2.05) is 0 Å². The molecule has 0 N–H and O–H groups in total. The van der Waals surface area contributed by atoms with Gasteiger partial charge < -0.3 is 4.74 Å². The van der Waals surface area contributed by atoms with Crippen molar-refractivity contribution in [1.29, 1.82) is 0 Å². The summed E-state index contributed by atoms with van der Waals surface area (Å²) >= 11 is 0. The number of carbonyl (C=O) groups is 3. The Kier molecular flexibility index (Phi) is 5.07. The molecule has 0 unspecified atom stereocenters. The van der Waals surface area contributed by atoms with E-state index in [1.54, 1.807) is 24.3 Å². The van der Waals surface area contributed by atoms with Crippen LogP contribution in [0.4, 0.5) is 5.69 Å². The summed E-state index contributed by atoms with van der Waals surface area (Å²) in [4.78, 5) is 39.5. The second kappa shape index (κ2) is 7.64. The number of rotatable bonds is 4. The molecule has 2 atom stereocenters. The normalized spacial score (nSPS) is 25.6. The van der Waals surface area contributed by atoms with E-state index >= 15 is 0 Å². The van der Waals surface area contributed by atoms with Crippen molar-refractivity contribution in [2.24, 2.45) is 5.92 Å². The molecule has 27 heavy (non-hydrogen) atoms. The van der Waals surface area contributed by atoms with Crippen molar-refractivity contribution in [2.45, 2.75) is 38.1 Å². The summed E-state index contributed by atoms with van der Waals surface area (Å²) in [6, 6.07) is 6.95. The average Bonchev–Trinajstić information content (AvgIpc) is 3.04. The summed E-state index contributed by atoms with van der Waals surface area (Å²) in [5, 5.41) is 0. The third-order valence-electron chi connectivity index (χ3n) is 5.83. The van der Waals surface area contributed by atoms with Gasteiger partial charge in [0.15, 0.2) is 0 Å². The summed E-state index contributed by atoms with van der Waals surface area (Å²) in [7, 11) is 0. The minimum absolute atomic E-state index is 0.355. The summed E-state index contributed by atoms with van der Waals surface area (Å²) in [6.45, 7) is 2.79. The summed E-state index contributed by atoms with van der Waals surface area (Å²) in [6.07, 6.45) is 8.48. The van der Waals surface area contributed by atoms with Crippen LogP contribution in [0.3, 0.4) is 0 Å². The second-order valence-corrected chi connectivity index (χ2v) is 7.49. The van der Waals surface area contributed by atoms with Crippen LogP contribution < -0.4 is 4.90 Å². The van der Waals surface area contributed by atoms with Crippen LogP contribution in [-0.4, -0.2) is 48.4 Å². The minimum Gasteiger partial charge on any atom is -0.462 e. The van der Waals surface area contributed by atoms with Gasteiger partial charge in [0, 0.05) is 24.1 Å².